The number of amides is 1. The van der Waals surface area contributed by atoms with Crippen molar-refractivity contribution in [3.63, 3.8) is 0 Å². The molecule has 10 heteroatoms. The van der Waals surface area contributed by atoms with Gasteiger partial charge < -0.3 is 19.3 Å². The fraction of sp³-hybridized carbons (Fsp3) is 0.656. The molecule has 0 bridgehead atoms. The van der Waals surface area contributed by atoms with E-state index in [0.717, 1.165) is 25.8 Å². The summed E-state index contributed by atoms with van der Waals surface area (Å²) in [6, 6.07) is 8.26. The van der Waals surface area contributed by atoms with Gasteiger partial charge in [-0.3, -0.25) is 25.1 Å². The zero-order valence-electron chi connectivity index (χ0n) is 24.9. The Bertz CT molecular complexity index is 1250. The van der Waals surface area contributed by atoms with E-state index < -0.39 is 18.0 Å². The van der Waals surface area contributed by atoms with Gasteiger partial charge in [0.15, 0.2) is 12.1 Å². The second-order valence-electron chi connectivity index (χ2n) is 12.7. The summed E-state index contributed by atoms with van der Waals surface area (Å²) in [5.74, 6) is -0.0326. The lowest BCUT2D eigenvalue weighted by molar-refractivity contribution is -0.173. The molecule has 4 heterocycles. The molecule has 4 aliphatic heterocycles. The first-order chi connectivity index (χ1) is 20.3. The van der Waals surface area contributed by atoms with Crippen LogP contribution < -0.4 is 10.6 Å². The van der Waals surface area contributed by atoms with Crippen molar-refractivity contribution in [1.82, 2.24) is 25.3 Å². The van der Waals surface area contributed by atoms with Gasteiger partial charge in [0.25, 0.3) is 0 Å². The number of Topliss-reactive ketones (excluding diaryl/α,β-unsaturated/α-hetero) is 1. The number of likely N-dealkylation sites (N-methyl/N-ethyl adjacent to an activating group) is 1. The number of carbonyl (C=O) groups excluding carboxylic acids is 2. The number of hydrogen-bond acceptors (Lipinski definition) is 9. The molecule has 6 unspecified atom stereocenters. The van der Waals surface area contributed by atoms with Gasteiger partial charge in [0, 0.05) is 38.0 Å². The minimum atomic E-state index is -0.842. The number of aryl methyl sites for hydroxylation is 1. The lowest BCUT2D eigenvalue weighted by atomic mass is 9.68. The Kier molecular flexibility index (Phi) is 8.51. The number of likely N-dealkylation sites (tertiary alicyclic amines) is 1. The van der Waals surface area contributed by atoms with Crippen molar-refractivity contribution < 1.29 is 19.1 Å². The van der Waals surface area contributed by atoms with Crippen LogP contribution in [0.2, 0.25) is 0 Å². The molecular formula is C32H44N6O4. The molecule has 1 spiro atoms. The lowest BCUT2D eigenvalue weighted by Gasteiger charge is -2.55. The molecule has 4 fully saturated rings. The van der Waals surface area contributed by atoms with Crippen LogP contribution in [0.1, 0.15) is 48.8 Å². The van der Waals surface area contributed by atoms with Crippen LogP contribution in [-0.2, 0) is 32.1 Å². The van der Waals surface area contributed by atoms with Crippen molar-refractivity contribution in [2.45, 2.75) is 88.3 Å². The molecule has 3 saturated heterocycles. The average molecular weight is 577 g/mol. The van der Waals surface area contributed by atoms with E-state index in [1.165, 1.54) is 22.8 Å². The van der Waals surface area contributed by atoms with Gasteiger partial charge in [-0.1, -0.05) is 24.8 Å². The number of nitriles is 1. The molecule has 1 amide bonds. The van der Waals surface area contributed by atoms with Crippen molar-refractivity contribution in [1.29, 1.82) is 5.26 Å². The number of ketones is 1. The molecule has 0 radical (unpaired) electrons. The summed E-state index contributed by atoms with van der Waals surface area (Å²) >= 11 is 0. The molecular weight excluding hydrogens is 532 g/mol. The van der Waals surface area contributed by atoms with Gasteiger partial charge in [0.2, 0.25) is 5.91 Å². The highest BCUT2D eigenvalue weighted by atomic mass is 16.5. The third-order valence-electron chi connectivity index (χ3n) is 10.4. The normalized spacial score (nSPS) is 35.5. The fourth-order valence-electron chi connectivity index (χ4n) is 7.91. The van der Waals surface area contributed by atoms with Crippen LogP contribution in [0.15, 0.2) is 30.9 Å². The zero-order valence-corrected chi connectivity index (χ0v) is 24.9. The molecule has 6 rings (SSSR count). The third kappa shape index (κ3) is 5.43. The third-order valence-corrected chi connectivity index (χ3v) is 10.4. The first-order valence-corrected chi connectivity index (χ1v) is 15.5. The van der Waals surface area contributed by atoms with Gasteiger partial charge in [0.05, 0.1) is 44.0 Å². The monoisotopic (exact) mass is 576 g/mol. The molecule has 1 aromatic rings. The Labute approximate surface area is 249 Å². The van der Waals surface area contributed by atoms with Crippen molar-refractivity contribution in [2.75, 3.05) is 39.8 Å². The molecule has 7 atom stereocenters. The van der Waals surface area contributed by atoms with E-state index in [2.05, 4.69) is 65.3 Å². The second-order valence-corrected chi connectivity index (χ2v) is 12.7. The Hall–Kier alpha value is -2.65. The van der Waals surface area contributed by atoms with Gasteiger partial charge in [-0.05, 0) is 69.0 Å². The predicted molar refractivity (Wildman–Crippen MR) is 157 cm³/mol. The molecule has 1 saturated carbocycles. The maximum atomic E-state index is 14.5. The van der Waals surface area contributed by atoms with Crippen LogP contribution in [0.5, 0.6) is 0 Å². The maximum absolute atomic E-state index is 14.5. The Balaban J connectivity index is 1.24. The molecule has 226 valence electrons. The standard InChI is InChI=1S/C32H44N6O4/c1-4-27(39)38-16-15-37(18-23(38)11-13-33)30-25-10-12-32(17-22-8-5-7-21(2)26(22)20-42-32)29(40)28(25)34-31(35-30)41-19-24-9-6-14-36(24)3/h4-5,7-8,23-25,28,30-31,34-35H,1,6,9-12,14-20H2,2-3H3/t23?,24?,25?,28?,30?,31?,32-/m1/s1. The van der Waals surface area contributed by atoms with E-state index in [-0.39, 0.29) is 36.2 Å². The summed E-state index contributed by atoms with van der Waals surface area (Å²) in [5.41, 5.74) is 2.77. The van der Waals surface area contributed by atoms with E-state index >= 15 is 0 Å². The second kappa shape index (κ2) is 12.2. The summed E-state index contributed by atoms with van der Waals surface area (Å²) in [7, 11) is 2.13. The van der Waals surface area contributed by atoms with Gasteiger partial charge in [-0.15, -0.1) is 0 Å². The van der Waals surface area contributed by atoms with Crippen LogP contribution in [0.3, 0.4) is 0 Å². The van der Waals surface area contributed by atoms with E-state index in [4.69, 9.17) is 9.47 Å². The predicted octanol–water partition coefficient (Wildman–Crippen LogP) is 1.68. The number of nitrogens with zero attached hydrogens (tertiary/aromatic N) is 4. The summed E-state index contributed by atoms with van der Waals surface area (Å²) in [6.07, 6.45) is 5.28. The smallest absolute Gasteiger partial charge is 0.246 e. The number of hydrogen-bond donors (Lipinski definition) is 2. The fourth-order valence-corrected chi connectivity index (χ4v) is 7.91. The van der Waals surface area contributed by atoms with Gasteiger partial charge in [-0.25, -0.2) is 0 Å². The highest BCUT2D eigenvalue weighted by Crippen LogP contribution is 2.42. The first-order valence-electron chi connectivity index (χ1n) is 15.5. The Morgan fingerprint density at radius 1 is 1.26 bits per heavy atom. The number of rotatable bonds is 6. The van der Waals surface area contributed by atoms with E-state index in [1.807, 2.05) is 0 Å². The highest BCUT2D eigenvalue weighted by Gasteiger charge is 2.56. The van der Waals surface area contributed by atoms with Gasteiger partial charge in [-0.2, -0.15) is 5.26 Å². The Morgan fingerprint density at radius 3 is 2.88 bits per heavy atom. The maximum Gasteiger partial charge on any atom is 0.246 e. The molecule has 1 aliphatic carbocycles. The zero-order chi connectivity index (χ0) is 29.4. The largest absolute Gasteiger partial charge is 0.362 e. The van der Waals surface area contributed by atoms with Crippen LogP contribution in [-0.4, -0.2) is 102 Å². The van der Waals surface area contributed by atoms with Crippen molar-refractivity contribution >= 4 is 11.7 Å². The van der Waals surface area contributed by atoms with Crippen LogP contribution in [0.25, 0.3) is 0 Å². The molecule has 0 aromatic heterocycles. The highest BCUT2D eigenvalue weighted by molar-refractivity contribution is 5.94. The number of nitrogens with one attached hydrogen (secondary N) is 2. The van der Waals surface area contributed by atoms with Crippen molar-refractivity contribution in [3.8, 4) is 6.07 Å². The molecule has 42 heavy (non-hydrogen) atoms. The number of piperazine rings is 1. The van der Waals surface area contributed by atoms with Crippen LogP contribution in [0.4, 0.5) is 0 Å². The van der Waals surface area contributed by atoms with Crippen molar-refractivity contribution in [2.24, 2.45) is 5.92 Å². The summed E-state index contributed by atoms with van der Waals surface area (Å²) in [4.78, 5) is 33.4. The minimum Gasteiger partial charge on any atom is -0.362 e. The number of benzene rings is 1. The SMILES string of the molecule is C=CC(=O)N1CCN(C2NC(OCC3CCCN3C)NC3C(=O)[C@@]4(CCC32)Cc2cccc(C)c2CO4)CC1CC#N. The lowest BCUT2D eigenvalue weighted by Crippen LogP contribution is -2.75. The Morgan fingerprint density at radius 2 is 2.12 bits per heavy atom. The molecule has 1 aromatic carbocycles. The molecule has 5 aliphatic rings. The average Bonchev–Trinajstić information content (AvgIpc) is 3.42. The minimum absolute atomic E-state index is 0.00373. The molecule has 10 nitrogen and oxygen atoms in total. The van der Waals surface area contributed by atoms with Gasteiger partial charge in [0.1, 0.15) is 5.60 Å². The number of carbonyl (C=O) groups is 2. The molecule has 2 N–H and O–H groups in total. The summed E-state index contributed by atoms with van der Waals surface area (Å²) < 4.78 is 12.9. The van der Waals surface area contributed by atoms with Crippen LogP contribution in [0, 0.1) is 24.2 Å². The quantitative estimate of drug-likeness (QED) is 0.489. The summed E-state index contributed by atoms with van der Waals surface area (Å²) in [5, 5.41) is 16.8. The van der Waals surface area contributed by atoms with Crippen LogP contribution >= 0.6 is 0 Å². The topological polar surface area (TPSA) is 110 Å². The number of ether oxygens (including phenoxy) is 2. The van der Waals surface area contributed by atoms with Gasteiger partial charge >= 0.3 is 0 Å². The van der Waals surface area contributed by atoms with E-state index in [9.17, 15) is 14.9 Å². The first kappa shape index (κ1) is 29.4. The number of fused-ring (bicyclic) bond motifs is 2. The summed E-state index contributed by atoms with van der Waals surface area (Å²) in [6.45, 7) is 9.55. The van der Waals surface area contributed by atoms with E-state index in [0.29, 0.717) is 51.7 Å². The van der Waals surface area contributed by atoms with Crippen molar-refractivity contribution in [3.05, 3.63) is 47.5 Å². The van der Waals surface area contributed by atoms with E-state index in [1.54, 1.807) is 4.90 Å².